The van der Waals surface area contributed by atoms with Gasteiger partial charge < -0.3 is 14.1 Å². The lowest BCUT2D eigenvalue weighted by atomic mass is 9.98. The fourth-order valence-electron chi connectivity index (χ4n) is 4.09. The Hall–Kier alpha value is -4.19. The van der Waals surface area contributed by atoms with Gasteiger partial charge in [0.2, 0.25) is 5.76 Å². The van der Waals surface area contributed by atoms with E-state index in [2.05, 4.69) is 11.6 Å². The van der Waals surface area contributed by atoms with Crippen LogP contribution in [0.2, 0.25) is 0 Å². The maximum Gasteiger partial charge on any atom is 0.291 e. The molecule has 0 fully saturated rings. The van der Waals surface area contributed by atoms with E-state index in [1.54, 1.807) is 47.6 Å². The van der Waals surface area contributed by atoms with Crippen molar-refractivity contribution in [2.45, 2.75) is 12.6 Å². The van der Waals surface area contributed by atoms with Crippen LogP contribution in [0.15, 0.2) is 94.9 Å². The van der Waals surface area contributed by atoms with Crippen molar-refractivity contribution in [3.8, 4) is 5.75 Å². The summed E-state index contributed by atoms with van der Waals surface area (Å²) in [4.78, 5) is 32.8. The second kappa shape index (κ2) is 8.15. The molecule has 4 aromatic rings. The summed E-state index contributed by atoms with van der Waals surface area (Å²) in [6, 6.07) is 17.5. The molecule has 0 N–H and O–H groups in total. The van der Waals surface area contributed by atoms with Crippen molar-refractivity contribution < 1.29 is 13.9 Å². The number of benzene rings is 2. The zero-order valence-electron chi connectivity index (χ0n) is 17.2. The SMILES string of the molecule is C=CCOc1cccc([C@H]2c3c(oc4ccccc4c3=O)C(=O)N2Cc2cccnc2)c1. The summed E-state index contributed by atoms with van der Waals surface area (Å²) in [6.45, 7) is 4.32. The van der Waals surface area contributed by atoms with Crippen molar-refractivity contribution in [1.29, 1.82) is 0 Å². The van der Waals surface area contributed by atoms with Crippen LogP contribution in [-0.4, -0.2) is 22.4 Å². The summed E-state index contributed by atoms with van der Waals surface area (Å²) in [5.41, 5.74) is 2.17. The van der Waals surface area contributed by atoms with Crippen LogP contribution >= 0.6 is 0 Å². The number of ether oxygens (including phenoxy) is 1. The van der Waals surface area contributed by atoms with Gasteiger partial charge in [-0.25, -0.2) is 0 Å². The molecule has 0 saturated heterocycles. The van der Waals surface area contributed by atoms with E-state index in [4.69, 9.17) is 9.15 Å². The molecule has 1 atom stereocenters. The minimum atomic E-state index is -0.606. The van der Waals surface area contributed by atoms with Crippen molar-refractivity contribution in [2.75, 3.05) is 6.61 Å². The molecule has 0 spiro atoms. The summed E-state index contributed by atoms with van der Waals surface area (Å²) in [7, 11) is 0. The zero-order valence-corrected chi connectivity index (χ0v) is 17.2. The Bertz CT molecular complexity index is 1380. The highest BCUT2D eigenvalue weighted by Gasteiger charge is 2.42. The summed E-state index contributed by atoms with van der Waals surface area (Å²) in [5, 5.41) is 0.450. The molecule has 0 radical (unpaired) electrons. The van der Waals surface area contributed by atoms with Crippen molar-refractivity contribution >= 4 is 16.9 Å². The largest absolute Gasteiger partial charge is 0.490 e. The average molecular weight is 424 g/mol. The van der Waals surface area contributed by atoms with Crippen LogP contribution in [0, 0.1) is 0 Å². The zero-order chi connectivity index (χ0) is 22.1. The van der Waals surface area contributed by atoms with Crippen LogP contribution in [0.3, 0.4) is 0 Å². The smallest absolute Gasteiger partial charge is 0.291 e. The Labute approximate surface area is 184 Å². The third kappa shape index (κ3) is 3.36. The lowest BCUT2D eigenvalue weighted by Crippen LogP contribution is -2.29. The number of hydrogen-bond donors (Lipinski definition) is 0. The molecule has 158 valence electrons. The first-order valence-electron chi connectivity index (χ1n) is 10.3. The first-order valence-corrected chi connectivity index (χ1v) is 10.3. The van der Waals surface area contributed by atoms with Crippen LogP contribution in [-0.2, 0) is 6.54 Å². The number of aromatic nitrogens is 1. The summed E-state index contributed by atoms with van der Waals surface area (Å²) < 4.78 is 11.7. The topological polar surface area (TPSA) is 72.6 Å². The molecule has 6 nitrogen and oxygen atoms in total. The Morgan fingerprint density at radius 3 is 2.78 bits per heavy atom. The highest BCUT2D eigenvalue weighted by molar-refractivity contribution is 5.99. The van der Waals surface area contributed by atoms with E-state index in [0.29, 0.717) is 28.9 Å². The average Bonchev–Trinajstić information content (AvgIpc) is 3.10. The molecule has 2 aromatic carbocycles. The Morgan fingerprint density at radius 1 is 1.09 bits per heavy atom. The predicted molar refractivity (Wildman–Crippen MR) is 121 cm³/mol. The second-order valence-corrected chi connectivity index (χ2v) is 7.54. The lowest BCUT2D eigenvalue weighted by molar-refractivity contribution is 0.0714. The maximum absolute atomic E-state index is 13.5. The van der Waals surface area contributed by atoms with Crippen LogP contribution in [0.25, 0.3) is 11.0 Å². The van der Waals surface area contributed by atoms with E-state index in [0.717, 1.165) is 11.1 Å². The van der Waals surface area contributed by atoms with Gasteiger partial charge in [0.25, 0.3) is 5.91 Å². The molecule has 0 unspecified atom stereocenters. The molecule has 5 rings (SSSR count). The number of rotatable bonds is 6. The molecule has 0 bridgehead atoms. The fourth-order valence-corrected chi connectivity index (χ4v) is 4.09. The number of pyridine rings is 1. The number of hydrogen-bond acceptors (Lipinski definition) is 5. The number of amides is 1. The molecular formula is C26H20N2O4. The van der Waals surface area contributed by atoms with Gasteiger partial charge in [0.15, 0.2) is 5.43 Å². The van der Waals surface area contributed by atoms with E-state index >= 15 is 0 Å². The summed E-state index contributed by atoms with van der Waals surface area (Å²) in [5.74, 6) is 0.393. The molecule has 3 heterocycles. The third-order valence-electron chi connectivity index (χ3n) is 5.49. The molecule has 2 aromatic heterocycles. The van der Waals surface area contributed by atoms with Gasteiger partial charge in [-0.15, -0.1) is 0 Å². The molecule has 32 heavy (non-hydrogen) atoms. The second-order valence-electron chi connectivity index (χ2n) is 7.54. The van der Waals surface area contributed by atoms with E-state index in [-0.39, 0.29) is 23.6 Å². The van der Waals surface area contributed by atoms with Crippen LogP contribution in [0.5, 0.6) is 5.75 Å². The van der Waals surface area contributed by atoms with Crippen LogP contribution in [0.1, 0.15) is 33.3 Å². The fraction of sp³-hybridized carbons (Fsp3) is 0.115. The molecule has 6 heteroatoms. The Kier molecular flexibility index (Phi) is 5.03. The third-order valence-corrected chi connectivity index (χ3v) is 5.49. The first kappa shape index (κ1) is 19.8. The Morgan fingerprint density at radius 2 is 1.97 bits per heavy atom. The normalized spacial score (nSPS) is 15.1. The molecule has 1 amide bonds. The lowest BCUT2D eigenvalue weighted by Gasteiger charge is -2.25. The predicted octanol–water partition coefficient (Wildman–Crippen LogP) is 4.50. The van der Waals surface area contributed by atoms with Gasteiger partial charge in [-0.3, -0.25) is 14.6 Å². The van der Waals surface area contributed by atoms with Gasteiger partial charge in [0.1, 0.15) is 17.9 Å². The van der Waals surface area contributed by atoms with Crippen molar-refractivity contribution in [2.24, 2.45) is 0 Å². The molecule has 1 aliphatic rings. The van der Waals surface area contributed by atoms with E-state index in [9.17, 15) is 9.59 Å². The van der Waals surface area contributed by atoms with Gasteiger partial charge >= 0.3 is 0 Å². The minimum absolute atomic E-state index is 0.0833. The van der Waals surface area contributed by atoms with Crippen LogP contribution in [0.4, 0.5) is 0 Å². The maximum atomic E-state index is 13.5. The van der Waals surface area contributed by atoms with Crippen molar-refractivity contribution in [3.05, 3.63) is 118 Å². The van der Waals surface area contributed by atoms with Gasteiger partial charge in [-0.2, -0.15) is 0 Å². The Balaban J connectivity index is 1.69. The monoisotopic (exact) mass is 424 g/mol. The molecular weight excluding hydrogens is 404 g/mol. The van der Waals surface area contributed by atoms with E-state index < -0.39 is 6.04 Å². The van der Waals surface area contributed by atoms with Gasteiger partial charge in [-0.05, 0) is 41.5 Å². The molecule has 0 saturated carbocycles. The van der Waals surface area contributed by atoms with Gasteiger partial charge in [0.05, 0.1) is 17.0 Å². The number of carbonyl (C=O) groups is 1. The summed E-state index contributed by atoms with van der Waals surface area (Å²) >= 11 is 0. The molecule has 1 aliphatic heterocycles. The molecule has 0 aliphatic carbocycles. The van der Waals surface area contributed by atoms with Gasteiger partial charge in [-0.1, -0.05) is 43.0 Å². The number of fused-ring (bicyclic) bond motifs is 2. The quantitative estimate of drug-likeness (QED) is 0.426. The number of nitrogens with zero attached hydrogens (tertiary/aromatic N) is 2. The highest BCUT2D eigenvalue weighted by atomic mass is 16.5. The van der Waals surface area contributed by atoms with E-state index in [1.165, 1.54) is 0 Å². The van der Waals surface area contributed by atoms with Crippen molar-refractivity contribution in [1.82, 2.24) is 9.88 Å². The highest BCUT2D eigenvalue weighted by Crippen LogP contribution is 2.39. The summed E-state index contributed by atoms with van der Waals surface area (Å²) in [6.07, 6.45) is 5.05. The van der Waals surface area contributed by atoms with Gasteiger partial charge in [0, 0.05) is 18.9 Å². The van der Waals surface area contributed by atoms with Crippen LogP contribution < -0.4 is 10.2 Å². The van der Waals surface area contributed by atoms with E-state index in [1.807, 2.05) is 36.4 Å². The number of carbonyl (C=O) groups excluding carboxylic acids is 1. The van der Waals surface area contributed by atoms with Crippen molar-refractivity contribution in [3.63, 3.8) is 0 Å². The standard InChI is InChI=1S/C26H20N2O4/c1-2-13-31-19-9-5-8-18(14-19)23-22-24(29)20-10-3-4-11-21(20)32-25(22)26(30)28(23)16-17-7-6-12-27-15-17/h2-12,14-15,23H,1,13,16H2/t23-/m0/s1. The minimum Gasteiger partial charge on any atom is -0.490 e. The number of para-hydroxylation sites is 1. The first-order chi connectivity index (χ1) is 15.7.